The number of benzene rings is 1. The maximum absolute atomic E-state index is 10.4. The summed E-state index contributed by atoms with van der Waals surface area (Å²) in [6.45, 7) is 1.88. The minimum absolute atomic E-state index is 0.0525. The summed E-state index contributed by atoms with van der Waals surface area (Å²) in [6.07, 6.45) is 0. The Morgan fingerprint density at radius 2 is 2.07 bits per heavy atom. The van der Waals surface area contributed by atoms with Crippen molar-refractivity contribution < 1.29 is 4.92 Å². The molecule has 6 heteroatoms. The van der Waals surface area contributed by atoms with Crippen LogP contribution in [0.2, 0.25) is 0 Å². The molecule has 0 radical (unpaired) electrons. The van der Waals surface area contributed by atoms with Gasteiger partial charge in [0.05, 0.1) is 11.0 Å². The van der Waals surface area contributed by atoms with Crippen molar-refractivity contribution in [1.29, 1.82) is 0 Å². The highest BCUT2D eigenvalue weighted by molar-refractivity contribution is 7.80. The van der Waals surface area contributed by atoms with Gasteiger partial charge in [-0.2, -0.15) is 0 Å². The molecule has 1 aromatic rings. The SMILES string of the molecule is CC(NC(N)=S)c1ccc([N+](=O)[O-])cc1. The van der Waals surface area contributed by atoms with Crippen LogP contribution in [0.3, 0.4) is 0 Å². The Morgan fingerprint density at radius 3 is 2.47 bits per heavy atom. The molecule has 0 fully saturated rings. The minimum Gasteiger partial charge on any atom is -0.376 e. The van der Waals surface area contributed by atoms with Gasteiger partial charge in [-0.05, 0) is 24.7 Å². The predicted molar refractivity (Wildman–Crippen MR) is 61.4 cm³/mol. The number of hydrogen-bond donors (Lipinski definition) is 2. The molecule has 1 rings (SSSR count). The fraction of sp³-hybridized carbons (Fsp3) is 0.222. The molecule has 0 spiro atoms. The number of nitrogens with two attached hydrogens (primary N) is 1. The van der Waals surface area contributed by atoms with Crippen LogP contribution in [0, 0.1) is 10.1 Å². The van der Waals surface area contributed by atoms with Crippen molar-refractivity contribution in [2.24, 2.45) is 5.73 Å². The number of nitro groups is 1. The number of nitrogens with zero attached hydrogens (tertiary/aromatic N) is 1. The van der Waals surface area contributed by atoms with E-state index < -0.39 is 4.92 Å². The first-order chi connectivity index (χ1) is 7.00. The van der Waals surface area contributed by atoms with E-state index in [1.807, 2.05) is 6.92 Å². The van der Waals surface area contributed by atoms with Gasteiger partial charge in [-0.3, -0.25) is 10.1 Å². The number of nitro benzene ring substituents is 1. The summed E-state index contributed by atoms with van der Waals surface area (Å²) in [7, 11) is 0. The number of non-ortho nitro benzene ring substituents is 1. The number of thiocarbonyl (C=S) groups is 1. The molecule has 1 unspecified atom stereocenters. The second-order valence-corrected chi connectivity index (χ2v) is 3.52. The molecule has 0 heterocycles. The summed E-state index contributed by atoms with van der Waals surface area (Å²) < 4.78 is 0. The van der Waals surface area contributed by atoms with E-state index >= 15 is 0 Å². The van der Waals surface area contributed by atoms with E-state index in [1.54, 1.807) is 12.1 Å². The zero-order chi connectivity index (χ0) is 11.4. The number of hydrogen-bond acceptors (Lipinski definition) is 3. The van der Waals surface area contributed by atoms with Crippen molar-refractivity contribution in [3.8, 4) is 0 Å². The van der Waals surface area contributed by atoms with Gasteiger partial charge in [0.15, 0.2) is 5.11 Å². The van der Waals surface area contributed by atoms with Crippen LogP contribution in [0.1, 0.15) is 18.5 Å². The van der Waals surface area contributed by atoms with Crippen LogP contribution in [0.4, 0.5) is 5.69 Å². The topological polar surface area (TPSA) is 81.2 Å². The van der Waals surface area contributed by atoms with Gasteiger partial charge < -0.3 is 11.1 Å². The van der Waals surface area contributed by atoms with Crippen molar-refractivity contribution in [1.82, 2.24) is 5.32 Å². The molecule has 0 bridgehead atoms. The predicted octanol–water partition coefficient (Wildman–Crippen LogP) is 1.49. The van der Waals surface area contributed by atoms with Crippen molar-refractivity contribution >= 4 is 23.0 Å². The highest BCUT2D eigenvalue weighted by Crippen LogP contribution is 2.17. The minimum atomic E-state index is -0.435. The first kappa shape index (κ1) is 11.4. The summed E-state index contributed by atoms with van der Waals surface area (Å²) in [5.74, 6) is 0. The van der Waals surface area contributed by atoms with Crippen molar-refractivity contribution in [3.05, 3.63) is 39.9 Å². The monoisotopic (exact) mass is 225 g/mol. The van der Waals surface area contributed by atoms with Gasteiger partial charge in [0.1, 0.15) is 0 Å². The zero-order valence-electron chi connectivity index (χ0n) is 8.14. The van der Waals surface area contributed by atoms with E-state index in [0.29, 0.717) is 0 Å². The van der Waals surface area contributed by atoms with Gasteiger partial charge in [0, 0.05) is 12.1 Å². The highest BCUT2D eigenvalue weighted by atomic mass is 32.1. The lowest BCUT2D eigenvalue weighted by molar-refractivity contribution is -0.384. The van der Waals surface area contributed by atoms with E-state index in [4.69, 9.17) is 18.0 Å². The van der Waals surface area contributed by atoms with Gasteiger partial charge in [0.2, 0.25) is 0 Å². The number of nitrogens with one attached hydrogen (secondary N) is 1. The van der Waals surface area contributed by atoms with Crippen molar-refractivity contribution in [2.75, 3.05) is 0 Å². The lowest BCUT2D eigenvalue weighted by atomic mass is 10.1. The van der Waals surface area contributed by atoms with Crippen LogP contribution in [0.5, 0.6) is 0 Å². The molecule has 80 valence electrons. The smallest absolute Gasteiger partial charge is 0.269 e. The van der Waals surface area contributed by atoms with E-state index in [1.165, 1.54) is 12.1 Å². The third-order valence-corrected chi connectivity index (χ3v) is 2.08. The Labute approximate surface area is 92.4 Å². The van der Waals surface area contributed by atoms with Crippen molar-refractivity contribution in [2.45, 2.75) is 13.0 Å². The lowest BCUT2D eigenvalue weighted by Crippen LogP contribution is -2.31. The third-order valence-electron chi connectivity index (χ3n) is 1.96. The van der Waals surface area contributed by atoms with E-state index in [0.717, 1.165) is 5.56 Å². The standard InChI is InChI=1S/C9H11N3O2S/c1-6(11-9(10)15)7-2-4-8(5-3-7)12(13)14/h2-6H,1H3,(H3,10,11,15). The molecule has 0 aromatic heterocycles. The first-order valence-electron chi connectivity index (χ1n) is 4.31. The molecule has 0 aliphatic heterocycles. The average molecular weight is 225 g/mol. The fourth-order valence-corrected chi connectivity index (χ4v) is 1.36. The second kappa shape index (κ2) is 4.70. The van der Waals surface area contributed by atoms with Gasteiger partial charge in [-0.1, -0.05) is 12.1 Å². The van der Waals surface area contributed by atoms with E-state index in [2.05, 4.69) is 5.32 Å². The summed E-state index contributed by atoms with van der Waals surface area (Å²) in [6, 6.07) is 6.20. The van der Waals surface area contributed by atoms with Crippen LogP contribution in [0.25, 0.3) is 0 Å². The Balaban J connectivity index is 2.79. The molecular weight excluding hydrogens is 214 g/mol. The molecule has 0 saturated carbocycles. The molecular formula is C9H11N3O2S. The first-order valence-corrected chi connectivity index (χ1v) is 4.72. The summed E-state index contributed by atoms with van der Waals surface area (Å²) in [4.78, 5) is 9.97. The quantitative estimate of drug-likeness (QED) is 0.462. The molecule has 0 aliphatic carbocycles. The molecule has 5 nitrogen and oxygen atoms in total. The molecule has 15 heavy (non-hydrogen) atoms. The summed E-state index contributed by atoms with van der Waals surface area (Å²) >= 11 is 4.70. The second-order valence-electron chi connectivity index (χ2n) is 3.08. The Bertz CT molecular complexity index is 377. The van der Waals surface area contributed by atoms with Crippen molar-refractivity contribution in [3.63, 3.8) is 0 Å². The zero-order valence-corrected chi connectivity index (χ0v) is 8.95. The average Bonchev–Trinajstić information content (AvgIpc) is 2.17. The van der Waals surface area contributed by atoms with Gasteiger partial charge in [0.25, 0.3) is 5.69 Å². The van der Waals surface area contributed by atoms with Gasteiger partial charge >= 0.3 is 0 Å². The molecule has 0 amide bonds. The third kappa shape index (κ3) is 3.17. The van der Waals surface area contributed by atoms with Crippen LogP contribution in [0.15, 0.2) is 24.3 Å². The van der Waals surface area contributed by atoms with Crippen LogP contribution < -0.4 is 11.1 Å². The molecule has 0 aliphatic rings. The summed E-state index contributed by atoms with van der Waals surface area (Å²) in [5.41, 5.74) is 6.29. The van der Waals surface area contributed by atoms with Crippen LogP contribution in [-0.4, -0.2) is 10.0 Å². The Morgan fingerprint density at radius 1 is 1.53 bits per heavy atom. The Hall–Kier alpha value is -1.69. The largest absolute Gasteiger partial charge is 0.376 e. The van der Waals surface area contributed by atoms with Gasteiger partial charge in [-0.25, -0.2) is 0 Å². The lowest BCUT2D eigenvalue weighted by Gasteiger charge is -2.13. The van der Waals surface area contributed by atoms with E-state index in [9.17, 15) is 10.1 Å². The van der Waals surface area contributed by atoms with E-state index in [-0.39, 0.29) is 16.8 Å². The maximum atomic E-state index is 10.4. The van der Waals surface area contributed by atoms with Crippen LogP contribution >= 0.6 is 12.2 Å². The fourth-order valence-electron chi connectivity index (χ4n) is 1.18. The molecule has 3 N–H and O–H groups in total. The van der Waals surface area contributed by atoms with Gasteiger partial charge in [-0.15, -0.1) is 0 Å². The summed E-state index contributed by atoms with van der Waals surface area (Å²) in [5, 5.41) is 13.5. The normalized spacial score (nSPS) is 11.8. The highest BCUT2D eigenvalue weighted by Gasteiger charge is 2.08. The molecule has 1 atom stereocenters. The Kier molecular flexibility index (Phi) is 3.56. The molecule has 1 aromatic carbocycles. The number of rotatable bonds is 3. The van der Waals surface area contributed by atoms with Crippen LogP contribution in [-0.2, 0) is 0 Å². The maximum Gasteiger partial charge on any atom is 0.269 e. The molecule has 0 saturated heterocycles.